The fourth-order valence-electron chi connectivity index (χ4n) is 2.39. The standard InChI is InChI=1S/C18H17BrN2O3/c1-2-23-15-4-3-5-16(11-15)24-9-8-21-18(22)17-7-6-14(19)10-13(17)12-20-21/h3-7,10-12H,2,8-9H2,1H3. The van der Waals surface area contributed by atoms with Crippen LogP contribution in [0.4, 0.5) is 0 Å². The monoisotopic (exact) mass is 388 g/mol. The second kappa shape index (κ2) is 7.49. The Morgan fingerprint density at radius 2 is 1.92 bits per heavy atom. The van der Waals surface area contributed by atoms with Gasteiger partial charge in [-0.1, -0.05) is 22.0 Å². The topological polar surface area (TPSA) is 53.4 Å². The van der Waals surface area contributed by atoms with Gasteiger partial charge in [-0.15, -0.1) is 0 Å². The van der Waals surface area contributed by atoms with Crippen LogP contribution >= 0.6 is 15.9 Å². The summed E-state index contributed by atoms with van der Waals surface area (Å²) in [5.74, 6) is 1.47. The van der Waals surface area contributed by atoms with E-state index in [2.05, 4.69) is 21.0 Å². The molecule has 1 heterocycles. The molecule has 0 saturated carbocycles. The Kier molecular flexibility index (Phi) is 5.15. The zero-order chi connectivity index (χ0) is 16.9. The molecule has 0 amide bonds. The average molecular weight is 389 g/mol. The molecule has 0 bridgehead atoms. The van der Waals surface area contributed by atoms with E-state index in [1.54, 1.807) is 12.3 Å². The van der Waals surface area contributed by atoms with Crippen LogP contribution in [-0.4, -0.2) is 23.0 Å². The summed E-state index contributed by atoms with van der Waals surface area (Å²) in [5.41, 5.74) is -0.119. The first-order chi connectivity index (χ1) is 11.7. The van der Waals surface area contributed by atoms with Crippen molar-refractivity contribution >= 4 is 26.7 Å². The van der Waals surface area contributed by atoms with Crippen LogP contribution in [-0.2, 0) is 6.54 Å². The number of ether oxygens (including phenoxy) is 2. The van der Waals surface area contributed by atoms with Gasteiger partial charge in [0, 0.05) is 15.9 Å². The van der Waals surface area contributed by atoms with Crippen molar-refractivity contribution in [2.45, 2.75) is 13.5 Å². The lowest BCUT2D eigenvalue weighted by Gasteiger charge is -2.10. The molecule has 3 aromatic rings. The van der Waals surface area contributed by atoms with Gasteiger partial charge in [0.15, 0.2) is 0 Å². The van der Waals surface area contributed by atoms with E-state index < -0.39 is 0 Å². The number of hydrogen-bond donors (Lipinski definition) is 0. The lowest BCUT2D eigenvalue weighted by molar-refractivity contribution is 0.284. The third-order valence-corrected chi connectivity index (χ3v) is 4.00. The number of hydrogen-bond acceptors (Lipinski definition) is 4. The normalized spacial score (nSPS) is 10.8. The summed E-state index contributed by atoms with van der Waals surface area (Å²) in [7, 11) is 0. The predicted octanol–water partition coefficient (Wildman–Crippen LogP) is 3.64. The van der Waals surface area contributed by atoms with Crippen LogP contribution in [0.3, 0.4) is 0 Å². The van der Waals surface area contributed by atoms with E-state index >= 15 is 0 Å². The SMILES string of the molecule is CCOc1cccc(OCCn2ncc3cc(Br)ccc3c2=O)c1. The molecule has 2 aromatic carbocycles. The Morgan fingerprint density at radius 3 is 2.71 bits per heavy atom. The molecule has 0 aliphatic carbocycles. The Hall–Kier alpha value is -2.34. The third-order valence-electron chi connectivity index (χ3n) is 3.50. The molecular formula is C18H17BrN2O3. The second-order valence-electron chi connectivity index (χ2n) is 5.16. The van der Waals surface area contributed by atoms with E-state index in [9.17, 15) is 4.79 Å². The molecule has 6 heteroatoms. The average Bonchev–Trinajstić information content (AvgIpc) is 2.57. The molecule has 5 nitrogen and oxygen atoms in total. The molecule has 1 aromatic heterocycles. The lowest BCUT2D eigenvalue weighted by atomic mass is 10.2. The molecule has 0 atom stereocenters. The molecule has 0 radical (unpaired) electrons. The molecule has 24 heavy (non-hydrogen) atoms. The molecule has 124 valence electrons. The Bertz CT molecular complexity index is 908. The fourth-order valence-corrected chi connectivity index (χ4v) is 2.77. The predicted molar refractivity (Wildman–Crippen MR) is 96.8 cm³/mol. The van der Waals surface area contributed by atoms with Gasteiger partial charge in [-0.2, -0.15) is 5.10 Å². The van der Waals surface area contributed by atoms with E-state index in [0.29, 0.717) is 30.9 Å². The van der Waals surface area contributed by atoms with Crippen molar-refractivity contribution in [3.8, 4) is 11.5 Å². The van der Waals surface area contributed by atoms with Crippen LogP contribution in [0, 0.1) is 0 Å². The second-order valence-corrected chi connectivity index (χ2v) is 6.08. The highest BCUT2D eigenvalue weighted by Gasteiger charge is 2.05. The fraction of sp³-hybridized carbons (Fsp3) is 0.222. The number of aromatic nitrogens is 2. The summed E-state index contributed by atoms with van der Waals surface area (Å²) in [6.45, 7) is 3.27. The van der Waals surface area contributed by atoms with E-state index in [1.165, 1.54) is 4.68 Å². The maximum Gasteiger partial charge on any atom is 0.274 e. The van der Waals surface area contributed by atoms with Crippen LogP contribution in [0.2, 0.25) is 0 Å². The number of benzene rings is 2. The minimum Gasteiger partial charge on any atom is -0.494 e. The van der Waals surface area contributed by atoms with Crippen LogP contribution in [0.5, 0.6) is 11.5 Å². The molecule has 0 saturated heterocycles. The molecule has 0 unspecified atom stereocenters. The molecule has 0 aliphatic heterocycles. The zero-order valence-electron chi connectivity index (χ0n) is 13.2. The minimum absolute atomic E-state index is 0.119. The maximum absolute atomic E-state index is 12.4. The molecule has 0 spiro atoms. The molecule has 0 N–H and O–H groups in total. The van der Waals surface area contributed by atoms with E-state index in [4.69, 9.17) is 9.47 Å². The number of nitrogens with zero attached hydrogens (tertiary/aromatic N) is 2. The van der Waals surface area contributed by atoms with E-state index in [0.717, 1.165) is 15.6 Å². The Morgan fingerprint density at radius 1 is 1.12 bits per heavy atom. The van der Waals surface area contributed by atoms with Crippen molar-refractivity contribution in [2.75, 3.05) is 13.2 Å². The van der Waals surface area contributed by atoms with Gasteiger partial charge in [-0.05, 0) is 37.3 Å². The van der Waals surface area contributed by atoms with Crippen LogP contribution in [0.25, 0.3) is 10.8 Å². The summed E-state index contributed by atoms with van der Waals surface area (Å²) >= 11 is 3.39. The summed E-state index contributed by atoms with van der Waals surface area (Å²) in [4.78, 5) is 12.4. The van der Waals surface area contributed by atoms with E-state index in [1.807, 2.05) is 43.3 Å². The minimum atomic E-state index is -0.119. The van der Waals surface area contributed by atoms with E-state index in [-0.39, 0.29) is 5.56 Å². The van der Waals surface area contributed by atoms with Crippen molar-refractivity contribution in [1.29, 1.82) is 0 Å². The smallest absolute Gasteiger partial charge is 0.274 e. The highest BCUT2D eigenvalue weighted by atomic mass is 79.9. The van der Waals surface area contributed by atoms with Crippen LogP contribution in [0.1, 0.15) is 6.92 Å². The van der Waals surface area contributed by atoms with Crippen LogP contribution < -0.4 is 15.0 Å². The van der Waals surface area contributed by atoms with Gasteiger partial charge < -0.3 is 9.47 Å². The highest BCUT2D eigenvalue weighted by Crippen LogP contribution is 2.19. The van der Waals surface area contributed by atoms with Gasteiger partial charge in [0.05, 0.1) is 24.7 Å². The van der Waals surface area contributed by atoms with Gasteiger partial charge >= 0.3 is 0 Å². The molecule has 0 fully saturated rings. The van der Waals surface area contributed by atoms with Crippen LogP contribution in [0.15, 0.2) is 57.9 Å². The molecule has 3 rings (SSSR count). The van der Waals surface area contributed by atoms with Gasteiger partial charge in [0.2, 0.25) is 0 Å². The Labute approximate surface area is 148 Å². The number of rotatable bonds is 6. The Balaban J connectivity index is 1.70. The summed E-state index contributed by atoms with van der Waals surface area (Å²) in [6, 6.07) is 13.0. The van der Waals surface area contributed by atoms with Gasteiger partial charge in [0.25, 0.3) is 5.56 Å². The summed E-state index contributed by atoms with van der Waals surface area (Å²) in [6.07, 6.45) is 1.69. The first-order valence-electron chi connectivity index (χ1n) is 7.68. The van der Waals surface area contributed by atoms with Crippen molar-refractivity contribution in [3.63, 3.8) is 0 Å². The summed E-state index contributed by atoms with van der Waals surface area (Å²) < 4.78 is 13.5. The molecule has 0 aliphatic rings. The summed E-state index contributed by atoms with van der Waals surface area (Å²) in [5, 5.41) is 5.67. The number of fused-ring (bicyclic) bond motifs is 1. The lowest BCUT2D eigenvalue weighted by Crippen LogP contribution is -2.25. The first-order valence-corrected chi connectivity index (χ1v) is 8.47. The van der Waals surface area contributed by atoms with Gasteiger partial charge in [-0.3, -0.25) is 4.79 Å². The quantitative estimate of drug-likeness (QED) is 0.646. The largest absolute Gasteiger partial charge is 0.494 e. The molecular weight excluding hydrogens is 372 g/mol. The highest BCUT2D eigenvalue weighted by molar-refractivity contribution is 9.10. The van der Waals surface area contributed by atoms with Crippen molar-refractivity contribution in [2.24, 2.45) is 0 Å². The van der Waals surface area contributed by atoms with Crippen molar-refractivity contribution < 1.29 is 9.47 Å². The van der Waals surface area contributed by atoms with Gasteiger partial charge in [0.1, 0.15) is 18.1 Å². The van der Waals surface area contributed by atoms with Crippen molar-refractivity contribution in [1.82, 2.24) is 9.78 Å². The number of halogens is 1. The third kappa shape index (κ3) is 3.76. The van der Waals surface area contributed by atoms with Crippen molar-refractivity contribution in [3.05, 3.63) is 63.5 Å². The van der Waals surface area contributed by atoms with Gasteiger partial charge in [-0.25, -0.2) is 4.68 Å². The first kappa shape index (κ1) is 16.5. The maximum atomic E-state index is 12.4. The zero-order valence-corrected chi connectivity index (χ0v) is 14.8.